The maximum atomic E-state index is 13.3. The van der Waals surface area contributed by atoms with Gasteiger partial charge in [0.15, 0.2) is 11.6 Å². The van der Waals surface area contributed by atoms with Crippen LogP contribution in [0.1, 0.15) is 0 Å². The fourth-order valence-electron chi connectivity index (χ4n) is 1.01. The highest BCUT2D eigenvalue weighted by molar-refractivity contribution is 9.10. The average Bonchev–Trinajstić information content (AvgIpc) is 2.60. The average molecular weight is 291 g/mol. The molecule has 16 heavy (non-hydrogen) atoms. The number of tetrazole rings is 1. The Labute approximate surface area is 97.1 Å². The standard InChI is InChI=1S/C8H5BrF2N4O/c1-15-8(12-13-14-15)16-6-3-4(9)2-5(10)7(6)11/h2-3H,1H3. The van der Waals surface area contributed by atoms with E-state index < -0.39 is 11.6 Å². The van der Waals surface area contributed by atoms with Crippen LogP contribution in [0.2, 0.25) is 0 Å². The van der Waals surface area contributed by atoms with E-state index in [1.807, 2.05) is 0 Å². The predicted molar refractivity (Wildman–Crippen MR) is 52.9 cm³/mol. The number of ether oxygens (including phenoxy) is 1. The molecular weight excluding hydrogens is 286 g/mol. The normalized spacial score (nSPS) is 10.5. The second-order valence-electron chi connectivity index (χ2n) is 2.89. The molecule has 0 bridgehead atoms. The minimum absolute atomic E-state index is 0.0311. The fourth-order valence-corrected chi connectivity index (χ4v) is 1.42. The Morgan fingerprint density at radius 2 is 2.12 bits per heavy atom. The van der Waals surface area contributed by atoms with Crippen molar-refractivity contribution in [2.24, 2.45) is 7.05 Å². The first-order chi connectivity index (χ1) is 7.58. The molecule has 0 aliphatic carbocycles. The van der Waals surface area contributed by atoms with E-state index >= 15 is 0 Å². The quantitative estimate of drug-likeness (QED) is 0.795. The van der Waals surface area contributed by atoms with Gasteiger partial charge in [-0.05, 0) is 22.6 Å². The molecule has 1 aromatic carbocycles. The topological polar surface area (TPSA) is 52.8 Å². The molecule has 2 rings (SSSR count). The van der Waals surface area contributed by atoms with Gasteiger partial charge in [0.2, 0.25) is 5.82 Å². The third kappa shape index (κ3) is 2.01. The summed E-state index contributed by atoms with van der Waals surface area (Å²) >= 11 is 3.02. The summed E-state index contributed by atoms with van der Waals surface area (Å²) in [5.41, 5.74) is 0. The summed E-state index contributed by atoms with van der Waals surface area (Å²) in [6.07, 6.45) is 0. The lowest BCUT2D eigenvalue weighted by Gasteiger charge is -2.05. The molecule has 0 spiro atoms. The van der Waals surface area contributed by atoms with Crippen molar-refractivity contribution in [1.29, 1.82) is 0 Å². The largest absolute Gasteiger partial charge is 0.420 e. The van der Waals surface area contributed by atoms with Gasteiger partial charge in [-0.2, -0.15) is 9.07 Å². The Morgan fingerprint density at radius 1 is 1.38 bits per heavy atom. The number of aromatic nitrogens is 4. The second-order valence-corrected chi connectivity index (χ2v) is 3.80. The molecule has 84 valence electrons. The van der Waals surface area contributed by atoms with E-state index in [1.165, 1.54) is 17.8 Å². The molecule has 1 aromatic heterocycles. The Morgan fingerprint density at radius 3 is 2.75 bits per heavy atom. The van der Waals surface area contributed by atoms with Crippen molar-refractivity contribution in [3.8, 4) is 11.8 Å². The molecular formula is C8H5BrF2N4O. The van der Waals surface area contributed by atoms with E-state index in [0.717, 1.165) is 6.07 Å². The van der Waals surface area contributed by atoms with Crippen molar-refractivity contribution < 1.29 is 13.5 Å². The van der Waals surface area contributed by atoms with Gasteiger partial charge in [0.25, 0.3) is 0 Å². The molecule has 0 radical (unpaired) electrons. The third-order valence-corrected chi connectivity index (χ3v) is 2.20. The van der Waals surface area contributed by atoms with E-state index in [2.05, 4.69) is 31.5 Å². The van der Waals surface area contributed by atoms with Crippen LogP contribution in [0.3, 0.4) is 0 Å². The highest BCUT2D eigenvalue weighted by Gasteiger charge is 2.14. The fraction of sp³-hybridized carbons (Fsp3) is 0.125. The smallest absolute Gasteiger partial charge is 0.340 e. The summed E-state index contributed by atoms with van der Waals surface area (Å²) in [7, 11) is 1.52. The van der Waals surface area contributed by atoms with E-state index in [1.54, 1.807) is 0 Å². The molecule has 0 aliphatic rings. The molecule has 0 saturated carbocycles. The highest BCUT2D eigenvalue weighted by atomic mass is 79.9. The Kier molecular flexibility index (Phi) is 2.82. The zero-order valence-electron chi connectivity index (χ0n) is 7.99. The van der Waals surface area contributed by atoms with Crippen LogP contribution in [0.15, 0.2) is 16.6 Å². The second kappa shape index (κ2) is 4.12. The van der Waals surface area contributed by atoms with Gasteiger partial charge < -0.3 is 4.74 Å². The number of benzene rings is 1. The zero-order valence-corrected chi connectivity index (χ0v) is 9.57. The lowest BCUT2D eigenvalue weighted by atomic mass is 10.3. The first kappa shape index (κ1) is 10.9. The van der Waals surface area contributed by atoms with Gasteiger partial charge in [-0.25, -0.2) is 4.39 Å². The maximum absolute atomic E-state index is 13.3. The predicted octanol–water partition coefficient (Wildman–Crippen LogP) is 2.04. The molecule has 0 amide bonds. The molecule has 2 aromatic rings. The molecule has 5 nitrogen and oxygen atoms in total. The number of hydrogen-bond acceptors (Lipinski definition) is 4. The van der Waals surface area contributed by atoms with E-state index in [9.17, 15) is 8.78 Å². The maximum Gasteiger partial charge on any atom is 0.340 e. The number of aryl methyl sites for hydroxylation is 1. The van der Waals surface area contributed by atoms with Crippen LogP contribution in [0, 0.1) is 11.6 Å². The van der Waals surface area contributed by atoms with Gasteiger partial charge in [-0.1, -0.05) is 21.0 Å². The SMILES string of the molecule is Cn1nnnc1Oc1cc(Br)cc(F)c1F. The van der Waals surface area contributed by atoms with Gasteiger partial charge in [-0.15, -0.1) is 0 Å². The molecule has 8 heteroatoms. The van der Waals surface area contributed by atoms with Crippen molar-refractivity contribution in [1.82, 2.24) is 20.2 Å². The van der Waals surface area contributed by atoms with Crippen LogP contribution in [-0.4, -0.2) is 20.2 Å². The molecule has 0 fully saturated rings. The van der Waals surface area contributed by atoms with Crippen LogP contribution in [0.25, 0.3) is 0 Å². The minimum atomic E-state index is -1.09. The van der Waals surface area contributed by atoms with Gasteiger partial charge in [-0.3, -0.25) is 0 Å². The van der Waals surface area contributed by atoms with E-state index in [0.29, 0.717) is 4.47 Å². The van der Waals surface area contributed by atoms with Crippen LogP contribution in [0.5, 0.6) is 11.8 Å². The van der Waals surface area contributed by atoms with Crippen molar-refractivity contribution in [3.63, 3.8) is 0 Å². The summed E-state index contributed by atoms with van der Waals surface area (Å²) in [5.74, 6) is -2.39. The minimum Gasteiger partial charge on any atom is -0.420 e. The number of hydrogen-bond donors (Lipinski definition) is 0. The Hall–Kier alpha value is -1.57. The van der Waals surface area contributed by atoms with Crippen molar-refractivity contribution in [2.45, 2.75) is 0 Å². The van der Waals surface area contributed by atoms with Crippen LogP contribution >= 0.6 is 15.9 Å². The molecule has 0 unspecified atom stereocenters. The molecule has 0 atom stereocenters. The van der Waals surface area contributed by atoms with Gasteiger partial charge in [0.1, 0.15) is 0 Å². The molecule has 0 N–H and O–H groups in total. The first-order valence-corrected chi connectivity index (χ1v) is 4.92. The lowest BCUT2D eigenvalue weighted by Crippen LogP contribution is -1.98. The summed E-state index contributed by atoms with van der Waals surface area (Å²) in [6, 6.07) is 2.25. The summed E-state index contributed by atoms with van der Waals surface area (Å²) in [6.45, 7) is 0. The van der Waals surface area contributed by atoms with Crippen molar-refractivity contribution in [2.75, 3.05) is 0 Å². The summed E-state index contributed by atoms with van der Waals surface area (Å²) in [5, 5.41) is 10.3. The first-order valence-electron chi connectivity index (χ1n) is 4.12. The summed E-state index contributed by atoms with van der Waals surface area (Å²) < 4.78 is 32.9. The van der Waals surface area contributed by atoms with E-state index in [-0.39, 0.29) is 11.8 Å². The van der Waals surface area contributed by atoms with Crippen LogP contribution in [0.4, 0.5) is 8.78 Å². The summed E-state index contributed by atoms with van der Waals surface area (Å²) in [4.78, 5) is 0. The van der Waals surface area contributed by atoms with Crippen molar-refractivity contribution >= 4 is 15.9 Å². The van der Waals surface area contributed by atoms with Crippen LogP contribution < -0.4 is 4.74 Å². The van der Waals surface area contributed by atoms with Gasteiger partial charge in [0, 0.05) is 11.5 Å². The highest BCUT2D eigenvalue weighted by Crippen LogP contribution is 2.28. The number of rotatable bonds is 2. The molecule has 0 aliphatic heterocycles. The molecule has 1 heterocycles. The number of nitrogens with zero attached hydrogens (tertiary/aromatic N) is 4. The third-order valence-electron chi connectivity index (χ3n) is 1.74. The zero-order chi connectivity index (χ0) is 11.7. The Balaban J connectivity index is 2.38. The lowest BCUT2D eigenvalue weighted by molar-refractivity contribution is 0.376. The van der Waals surface area contributed by atoms with E-state index in [4.69, 9.17) is 4.74 Å². The Bertz CT molecular complexity index is 531. The van der Waals surface area contributed by atoms with Crippen LogP contribution in [-0.2, 0) is 7.05 Å². The molecule has 0 saturated heterocycles. The van der Waals surface area contributed by atoms with Crippen molar-refractivity contribution in [3.05, 3.63) is 28.2 Å². The monoisotopic (exact) mass is 290 g/mol. The van der Waals surface area contributed by atoms with Gasteiger partial charge >= 0.3 is 6.01 Å². The van der Waals surface area contributed by atoms with Gasteiger partial charge in [0.05, 0.1) is 0 Å². The number of halogens is 3.